The number of carboxylic acids is 1. The van der Waals surface area contributed by atoms with Crippen molar-refractivity contribution in [3.05, 3.63) is 11.4 Å². The Kier molecular flexibility index (Phi) is 4.66. The molecule has 0 spiro atoms. The van der Waals surface area contributed by atoms with Crippen LogP contribution >= 0.6 is 0 Å². The fraction of sp³-hybridized carbons (Fsp3) is 0.600. The van der Waals surface area contributed by atoms with E-state index in [2.05, 4.69) is 9.82 Å². The largest absolute Gasteiger partial charge is 0.480 e. The number of aliphatic hydroxyl groups excluding tert-OH is 1. The Morgan fingerprint density at radius 3 is 2.53 bits per heavy atom. The van der Waals surface area contributed by atoms with Gasteiger partial charge in [0.05, 0.1) is 18.0 Å². The van der Waals surface area contributed by atoms with E-state index in [9.17, 15) is 13.2 Å². The zero-order chi connectivity index (χ0) is 14.8. The van der Waals surface area contributed by atoms with Crippen LogP contribution in [0.25, 0.3) is 0 Å². The molecule has 0 aliphatic heterocycles. The van der Waals surface area contributed by atoms with Crippen LogP contribution in [0.1, 0.15) is 18.3 Å². The molecule has 9 heteroatoms. The van der Waals surface area contributed by atoms with Gasteiger partial charge in [-0.15, -0.1) is 0 Å². The Morgan fingerprint density at radius 2 is 2.05 bits per heavy atom. The van der Waals surface area contributed by atoms with Crippen molar-refractivity contribution < 1.29 is 23.4 Å². The number of carbonyl (C=O) groups is 1. The maximum Gasteiger partial charge on any atom is 0.325 e. The first-order valence-electron chi connectivity index (χ1n) is 5.58. The number of sulfonamides is 1. The number of aromatic nitrogens is 2. The monoisotopic (exact) mass is 291 g/mol. The lowest BCUT2D eigenvalue weighted by Gasteiger charge is -2.11. The molecule has 1 aromatic rings. The summed E-state index contributed by atoms with van der Waals surface area (Å²) < 4.78 is 27.7. The number of carboxylic acid groups (broad SMARTS) is 1. The highest BCUT2D eigenvalue weighted by Gasteiger charge is 2.26. The van der Waals surface area contributed by atoms with E-state index < -0.39 is 28.6 Å². The Labute approximate surface area is 111 Å². The Hall–Kier alpha value is -1.45. The molecular weight excluding hydrogens is 274 g/mol. The number of aliphatic hydroxyl groups is 1. The Bertz CT molecular complexity index is 578. The molecule has 108 valence electrons. The van der Waals surface area contributed by atoms with E-state index in [0.717, 1.165) is 4.68 Å². The lowest BCUT2D eigenvalue weighted by molar-refractivity contribution is -0.137. The summed E-state index contributed by atoms with van der Waals surface area (Å²) in [6.45, 7) is 3.76. The van der Waals surface area contributed by atoms with Gasteiger partial charge >= 0.3 is 5.97 Å². The van der Waals surface area contributed by atoms with Crippen LogP contribution in [-0.2, 0) is 21.4 Å². The third kappa shape index (κ3) is 3.52. The van der Waals surface area contributed by atoms with E-state index in [1.54, 1.807) is 0 Å². The van der Waals surface area contributed by atoms with Crippen molar-refractivity contribution >= 4 is 16.0 Å². The number of nitrogens with zero attached hydrogens (tertiary/aromatic N) is 2. The van der Waals surface area contributed by atoms with Crippen LogP contribution in [-0.4, -0.2) is 47.0 Å². The summed E-state index contributed by atoms with van der Waals surface area (Å²) in [6.07, 6.45) is 0. The van der Waals surface area contributed by atoms with Gasteiger partial charge in [0.1, 0.15) is 11.4 Å². The average molecular weight is 291 g/mol. The van der Waals surface area contributed by atoms with Gasteiger partial charge in [0.25, 0.3) is 0 Å². The molecule has 0 aliphatic rings. The van der Waals surface area contributed by atoms with Crippen molar-refractivity contribution in [2.24, 2.45) is 0 Å². The topological polar surface area (TPSA) is 122 Å². The molecule has 3 N–H and O–H groups in total. The van der Waals surface area contributed by atoms with Crippen LogP contribution in [0.4, 0.5) is 0 Å². The van der Waals surface area contributed by atoms with Gasteiger partial charge in [-0.1, -0.05) is 0 Å². The molecule has 0 amide bonds. The highest BCUT2D eigenvalue weighted by Crippen LogP contribution is 2.19. The van der Waals surface area contributed by atoms with Crippen LogP contribution < -0.4 is 4.72 Å². The number of rotatable bonds is 6. The molecule has 0 fully saturated rings. The normalized spacial score (nSPS) is 13.5. The zero-order valence-electron chi connectivity index (χ0n) is 10.9. The number of nitrogens with one attached hydrogen (secondary N) is 1. The van der Waals surface area contributed by atoms with Crippen LogP contribution in [0, 0.1) is 13.8 Å². The summed E-state index contributed by atoms with van der Waals surface area (Å²) in [5.41, 5.74) is 0.467. The van der Waals surface area contributed by atoms with E-state index in [1.807, 2.05) is 0 Å². The highest BCUT2D eigenvalue weighted by molar-refractivity contribution is 7.89. The van der Waals surface area contributed by atoms with Gasteiger partial charge in [0.2, 0.25) is 10.0 Å². The molecule has 0 aliphatic carbocycles. The molecule has 0 radical (unpaired) electrons. The lowest BCUT2D eigenvalue weighted by Crippen LogP contribution is -2.35. The van der Waals surface area contributed by atoms with Crippen molar-refractivity contribution in [1.82, 2.24) is 14.5 Å². The van der Waals surface area contributed by atoms with Gasteiger partial charge in [-0.25, -0.2) is 13.1 Å². The zero-order valence-corrected chi connectivity index (χ0v) is 11.7. The second-order valence-corrected chi connectivity index (χ2v) is 5.91. The van der Waals surface area contributed by atoms with Gasteiger partial charge in [-0.05, 0) is 20.8 Å². The molecular formula is C10H17N3O5S. The molecule has 1 heterocycles. The molecule has 0 bridgehead atoms. The van der Waals surface area contributed by atoms with Crippen LogP contribution in [0.15, 0.2) is 4.90 Å². The molecule has 1 rings (SSSR count). The third-order valence-corrected chi connectivity index (χ3v) is 4.34. The summed E-state index contributed by atoms with van der Waals surface area (Å²) in [5.74, 6) is -1.11. The average Bonchev–Trinajstić information content (AvgIpc) is 2.52. The highest BCUT2D eigenvalue weighted by atomic mass is 32.2. The predicted molar refractivity (Wildman–Crippen MR) is 66.2 cm³/mol. The fourth-order valence-corrected chi connectivity index (χ4v) is 3.36. The molecule has 0 saturated carbocycles. The smallest absolute Gasteiger partial charge is 0.325 e. The van der Waals surface area contributed by atoms with E-state index in [0.29, 0.717) is 0 Å². The molecule has 1 atom stereocenters. The van der Waals surface area contributed by atoms with Crippen molar-refractivity contribution in [3.63, 3.8) is 0 Å². The van der Waals surface area contributed by atoms with Crippen molar-refractivity contribution in [2.75, 3.05) is 6.61 Å². The molecule has 1 unspecified atom stereocenters. The molecule has 19 heavy (non-hydrogen) atoms. The third-order valence-electron chi connectivity index (χ3n) is 2.50. The van der Waals surface area contributed by atoms with Gasteiger partial charge in [0, 0.05) is 6.04 Å². The first-order valence-corrected chi connectivity index (χ1v) is 7.06. The van der Waals surface area contributed by atoms with E-state index in [4.69, 9.17) is 10.2 Å². The van der Waals surface area contributed by atoms with Crippen LogP contribution in [0.5, 0.6) is 0 Å². The molecule has 0 saturated heterocycles. The first-order chi connectivity index (χ1) is 8.69. The van der Waals surface area contributed by atoms with Gasteiger partial charge in [-0.2, -0.15) is 5.10 Å². The minimum atomic E-state index is -3.83. The summed E-state index contributed by atoms with van der Waals surface area (Å²) in [5, 5.41) is 21.5. The number of aryl methyl sites for hydroxylation is 1. The lowest BCUT2D eigenvalue weighted by atomic mass is 10.4. The van der Waals surface area contributed by atoms with Gasteiger partial charge in [0.15, 0.2) is 0 Å². The van der Waals surface area contributed by atoms with Crippen molar-refractivity contribution in [1.29, 1.82) is 0 Å². The summed E-state index contributed by atoms with van der Waals surface area (Å²) in [6, 6.07) is -0.633. The minimum Gasteiger partial charge on any atom is -0.480 e. The SMILES string of the molecule is Cc1nn(CC(=O)O)c(C)c1S(=O)(=O)NC(C)CO. The summed E-state index contributed by atoms with van der Waals surface area (Å²) >= 11 is 0. The van der Waals surface area contributed by atoms with E-state index >= 15 is 0 Å². The van der Waals surface area contributed by atoms with Crippen molar-refractivity contribution in [3.8, 4) is 0 Å². The molecule has 0 aromatic carbocycles. The Balaban J connectivity index is 3.20. The number of aliphatic carboxylic acids is 1. The quantitative estimate of drug-likeness (QED) is 0.633. The maximum atomic E-state index is 12.1. The predicted octanol–water partition coefficient (Wildman–Crippen LogP) is -0.756. The maximum absolute atomic E-state index is 12.1. The van der Waals surface area contributed by atoms with Gasteiger partial charge < -0.3 is 10.2 Å². The first kappa shape index (κ1) is 15.6. The van der Waals surface area contributed by atoms with Crippen LogP contribution in [0.3, 0.4) is 0 Å². The van der Waals surface area contributed by atoms with E-state index in [1.165, 1.54) is 20.8 Å². The second-order valence-electron chi connectivity index (χ2n) is 4.26. The number of hydrogen-bond acceptors (Lipinski definition) is 5. The number of hydrogen-bond donors (Lipinski definition) is 3. The van der Waals surface area contributed by atoms with Crippen LogP contribution in [0.2, 0.25) is 0 Å². The second kappa shape index (κ2) is 5.68. The van der Waals surface area contributed by atoms with Crippen molar-refractivity contribution in [2.45, 2.75) is 38.3 Å². The molecule has 8 nitrogen and oxygen atoms in total. The van der Waals surface area contributed by atoms with E-state index in [-0.39, 0.29) is 22.9 Å². The summed E-state index contributed by atoms with van der Waals surface area (Å²) in [7, 11) is -3.83. The standard InChI is InChI=1S/C10H17N3O5S/c1-6(5-14)12-19(17,18)10-7(2)11-13(8(10)3)4-9(15)16/h6,12,14H,4-5H2,1-3H3,(H,15,16). The fourth-order valence-electron chi connectivity index (χ4n) is 1.71. The summed E-state index contributed by atoms with van der Waals surface area (Å²) in [4.78, 5) is 10.6. The minimum absolute atomic E-state index is 0.0472. The molecule has 1 aromatic heterocycles. The van der Waals surface area contributed by atoms with Gasteiger partial charge in [-0.3, -0.25) is 9.48 Å². The Morgan fingerprint density at radius 1 is 1.47 bits per heavy atom.